The van der Waals surface area contributed by atoms with Gasteiger partial charge in [-0.05, 0) is 12.8 Å². The van der Waals surface area contributed by atoms with Crippen molar-refractivity contribution in [1.82, 2.24) is 0 Å². The smallest absolute Gasteiger partial charge is 0.381 e. The van der Waals surface area contributed by atoms with E-state index in [1.807, 2.05) is 0 Å². The molecule has 1 fully saturated rings. The van der Waals surface area contributed by atoms with Gasteiger partial charge in [-0.2, -0.15) is 13.2 Å². The van der Waals surface area contributed by atoms with Gasteiger partial charge in [0.1, 0.15) is 0 Å². The second-order valence-corrected chi connectivity index (χ2v) is 4.03. The van der Waals surface area contributed by atoms with Crippen molar-refractivity contribution in [3.8, 4) is 0 Å². The first kappa shape index (κ1) is 10.2. The van der Waals surface area contributed by atoms with Crippen LogP contribution < -0.4 is 0 Å². The lowest BCUT2D eigenvalue weighted by Gasteiger charge is -2.21. The molecule has 12 heavy (non-hydrogen) atoms. The molecule has 1 aliphatic rings. The zero-order valence-electron chi connectivity index (χ0n) is 6.56. The molecular weight excluding hydrogens is 189 g/mol. The minimum absolute atomic E-state index is 0.139. The summed E-state index contributed by atoms with van der Waals surface area (Å²) in [5.74, 6) is -0.725. The number of halogens is 3. The molecule has 0 aromatic rings. The van der Waals surface area contributed by atoms with E-state index < -0.39 is 11.9 Å². The number of hydrogen-bond donors (Lipinski definition) is 0. The number of hydrogen-bond acceptors (Lipinski definition) is 2. The van der Waals surface area contributed by atoms with E-state index in [-0.39, 0.29) is 5.25 Å². The first-order valence-electron chi connectivity index (χ1n) is 3.84. The Hall–Kier alpha value is 0.1000. The molecule has 0 bridgehead atoms. The van der Waals surface area contributed by atoms with E-state index in [2.05, 4.69) is 0 Å². The summed E-state index contributed by atoms with van der Waals surface area (Å²) in [5.41, 5.74) is 0. The van der Waals surface area contributed by atoms with Crippen molar-refractivity contribution in [3.63, 3.8) is 0 Å². The molecule has 0 amide bonds. The molecule has 72 valence electrons. The Balaban J connectivity index is 2.13. The van der Waals surface area contributed by atoms with Crippen LogP contribution in [0.2, 0.25) is 0 Å². The van der Waals surface area contributed by atoms with Crippen LogP contribution in [0.1, 0.15) is 12.8 Å². The van der Waals surface area contributed by atoms with Crippen molar-refractivity contribution in [2.24, 2.45) is 0 Å². The summed E-state index contributed by atoms with van der Waals surface area (Å²) >= 11 is 0.999. The average molecular weight is 200 g/mol. The van der Waals surface area contributed by atoms with Crippen LogP contribution >= 0.6 is 11.8 Å². The predicted molar refractivity (Wildman–Crippen MR) is 42.4 cm³/mol. The monoisotopic (exact) mass is 200 g/mol. The van der Waals surface area contributed by atoms with Gasteiger partial charge in [0.05, 0.1) is 5.75 Å². The maximum atomic E-state index is 11.8. The lowest BCUT2D eigenvalue weighted by molar-refractivity contribution is -0.105. The summed E-state index contributed by atoms with van der Waals surface area (Å²) < 4.78 is 40.3. The molecule has 0 atom stereocenters. The Kier molecular flexibility index (Phi) is 3.71. The summed E-state index contributed by atoms with van der Waals surface area (Å²) in [6.07, 6.45) is -2.52. The Labute approximate surface area is 73.7 Å². The van der Waals surface area contributed by atoms with Crippen molar-refractivity contribution in [3.05, 3.63) is 0 Å². The molecule has 0 spiro atoms. The van der Waals surface area contributed by atoms with Crippen LogP contribution in [0, 0.1) is 0 Å². The van der Waals surface area contributed by atoms with E-state index in [4.69, 9.17) is 4.74 Å². The summed E-state index contributed by atoms with van der Waals surface area (Å²) in [6.45, 7) is 1.21. The number of ether oxygens (including phenoxy) is 1. The van der Waals surface area contributed by atoms with E-state index in [0.29, 0.717) is 13.2 Å². The number of rotatable bonds is 2. The topological polar surface area (TPSA) is 9.23 Å². The summed E-state index contributed by atoms with van der Waals surface area (Å²) in [7, 11) is 0. The van der Waals surface area contributed by atoms with Gasteiger partial charge >= 0.3 is 6.18 Å². The first-order chi connectivity index (χ1) is 5.58. The average Bonchev–Trinajstić information content (AvgIpc) is 2.02. The third-order valence-electron chi connectivity index (χ3n) is 1.65. The molecule has 5 heteroatoms. The van der Waals surface area contributed by atoms with Crippen LogP contribution in [0.25, 0.3) is 0 Å². The molecule has 1 nitrogen and oxygen atoms in total. The molecule has 0 saturated carbocycles. The minimum atomic E-state index is -4.02. The second kappa shape index (κ2) is 4.37. The molecule has 0 aromatic heterocycles. The highest BCUT2D eigenvalue weighted by Crippen LogP contribution is 2.28. The Morgan fingerprint density at radius 1 is 1.25 bits per heavy atom. The lowest BCUT2D eigenvalue weighted by Crippen LogP contribution is -2.21. The van der Waals surface area contributed by atoms with Gasteiger partial charge < -0.3 is 4.74 Å². The van der Waals surface area contributed by atoms with Crippen molar-refractivity contribution in [2.75, 3.05) is 19.0 Å². The minimum Gasteiger partial charge on any atom is -0.381 e. The Bertz CT molecular complexity index is 131. The van der Waals surface area contributed by atoms with Crippen molar-refractivity contribution in [1.29, 1.82) is 0 Å². The van der Waals surface area contributed by atoms with Gasteiger partial charge in [-0.15, -0.1) is 11.8 Å². The van der Waals surface area contributed by atoms with E-state index in [0.717, 1.165) is 24.6 Å². The van der Waals surface area contributed by atoms with Crippen LogP contribution in [-0.4, -0.2) is 30.4 Å². The zero-order valence-corrected chi connectivity index (χ0v) is 7.38. The Morgan fingerprint density at radius 2 is 1.83 bits per heavy atom. The normalized spacial score (nSPS) is 21.2. The molecule has 0 radical (unpaired) electrons. The quantitative estimate of drug-likeness (QED) is 0.677. The Morgan fingerprint density at radius 3 is 2.33 bits per heavy atom. The van der Waals surface area contributed by atoms with Gasteiger partial charge in [0.2, 0.25) is 0 Å². The predicted octanol–water partition coefficient (Wildman–Crippen LogP) is 2.46. The summed E-state index contributed by atoms with van der Waals surface area (Å²) in [5, 5.41) is 0.139. The molecule has 0 N–H and O–H groups in total. The zero-order chi connectivity index (χ0) is 9.03. The van der Waals surface area contributed by atoms with Crippen LogP contribution in [0.15, 0.2) is 0 Å². The van der Waals surface area contributed by atoms with E-state index in [1.165, 1.54) is 0 Å². The molecule has 1 heterocycles. The SMILES string of the molecule is FC(F)(F)CSC1CCOCC1. The molecule has 0 unspecified atom stereocenters. The molecule has 1 rings (SSSR count). The second-order valence-electron chi connectivity index (χ2n) is 2.74. The number of thioether (sulfide) groups is 1. The van der Waals surface area contributed by atoms with Gasteiger partial charge in [0, 0.05) is 18.5 Å². The molecule has 1 aliphatic heterocycles. The van der Waals surface area contributed by atoms with Crippen LogP contribution in [0.5, 0.6) is 0 Å². The van der Waals surface area contributed by atoms with E-state index in [1.54, 1.807) is 0 Å². The first-order valence-corrected chi connectivity index (χ1v) is 4.89. The molecule has 0 aromatic carbocycles. The fourth-order valence-corrected chi connectivity index (χ4v) is 2.01. The van der Waals surface area contributed by atoms with E-state index in [9.17, 15) is 13.2 Å². The highest BCUT2D eigenvalue weighted by atomic mass is 32.2. The van der Waals surface area contributed by atoms with Crippen LogP contribution in [-0.2, 0) is 4.74 Å². The largest absolute Gasteiger partial charge is 0.397 e. The van der Waals surface area contributed by atoms with Crippen LogP contribution in [0.4, 0.5) is 13.2 Å². The van der Waals surface area contributed by atoms with Crippen molar-refractivity contribution >= 4 is 11.8 Å². The molecule has 1 saturated heterocycles. The van der Waals surface area contributed by atoms with Gasteiger partial charge in [-0.1, -0.05) is 0 Å². The van der Waals surface area contributed by atoms with E-state index >= 15 is 0 Å². The standard InChI is InChI=1S/C7H11F3OS/c8-7(9,10)5-12-6-1-3-11-4-2-6/h6H,1-5H2. The third-order valence-corrected chi connectivity index (χ3v) is 3.09. The summed E-state index contributed by atoms with van der Waals surface area (Å²) in [6, 6.07) is 0. The maximum Gasteiger partial charge on any atom is 0.397 e. The van der Waals surface area contributed by atoms with Gasteiger partial charge in [-0.25, -0.2) is 0 Å². The molecular formula is C7H11F3OS. The van der Waals surface area contributed by atoms with Gasteiger partial charge in [0.25, 0.3) is 0 Å². The highest BCUT2D eigenvalue weighted by molar-refractivity contribution is 7.99. The third kappa shape index (κ3) is 4.21. The lowest BCUT2D eigenvalue weighted by atomic mass is 10.2. The summed E-state index contributed by atoms with van der Waals surface area (Å²) in [4.78, 5) is 0. The van der Waals surface area contributed by atoms with Gasteiger partial charge in [-0.3, -0.25) is 0 Å². The highest BCUT2D eigenvalue weighted by Gasteiger charge is 2.29. The fourth-order valence-electron chi connectivity index (χ4n) is 1.05. The van der Waals surface area contributed by atoms with Gasteiger partial charge in [0.15, 0.2) is 0 Å². The molecule has 0 aliphatic carbocycles. The fraction of sp³-hybridized carbons (Fsp3) is 1.00. The number of alkyl halides is 3. The maximum absolute atomic E-state index is 11.8. The van der Waals surface area contributed by atoms with Crippen LogP contribution in [0.3, 0.4) is 0 Å². The van der Waals surface area contributed by atoms with Crippen molar-refractivity contribution in [2.45, 2.75) is 24.3 Å². The van der Waals surface area contributed by atoms with Crippen molar-refractivity contribution < 1.29 is 17.9 Å².